The summed E-state index contributed by atoms with van der Waals surface area (Å²) >= 11 is 1.89. The molecule has 0 N–H and O–H groups in total. The van der Waals surface area contributed by atoms with Gasteiger partial charge in [0.05, 0.1) is 60.6 Å². The van der Waals surface area contributed by atoms with E-state index >= 15 is 0 Å². The number of aromatic nitrogens is 5. The predicted octanol–water partition coefficient (Wildman–Crippen LogP) is 33.6. The van der Waals surface area contributed by atoms with E-state index in [9.17, 15) is 0 Å². The lowest BCUT2D eigenvalue weighted by Crippen LogP contribution is -2.10. The van der Waals surface area contributed by atoms with Crippen LogP contribution in [0, 0.1) is 0 Å². The zero-order chi connectivity index (χ0) is 85.8. The van der Waals surface area contributed by atoms with Crippen LogP contribution in [0.3, 0.4) is 0 Å². The number of para-hydroxylation sites is 8. The van der Waals surface area contributed by atoms with Crippen molar-refractivity contribution >= 4 is 184 Å². The molecule has 0 amide bonds. The van der Waals surface area contributed by atoms with Crippen LogP contribution in [0.5, 0.6) is 0 Å². The highest BCUT2D eigenvalue weighted by molar-refractivity contribution is 7.25. The van der Waals surface area contributed by atoms with E-state index in [1.165, 1.54) is 191 Å². The molecule has 0 aliphatic heterocycles. The van der Waals surface area contributed by atoms with E-state index in [-0.39, 0.29) is 21.7 Å². The molecule has 25 aromatic rings. The average molecular weight is 1650 g/mol. The van der Waals surface area contributed by atoms with Crippen LogP contribution in [-0.2, 0) is 21.7 Å². The molecule has 0 spiro atoms. The fraction of sp³-hybridized carbons (Fsp3) is 0.136. The van der Waals surface area contributed by atoms with Crippen LogP contribution < -0.4 is 0 Å². The van der Waals surface area contributed by atoms with E-state index < -0.39 is 0 Å². The van der Waals surface area contributed by atoms with Gasteiger partial charge in [0, 0.05) is 119 Å². The second-order valence-corrected chi connectivity index (χ2v) is 39.1. The normalized spacial score (nSPS) is 12.4. The zero-order valence-corrected chi connectivity index (χ0v) is 74.0. The lowest BCUT2D eigenvalue weighted by Gasteiger charge is -2.19. The number of hydrogen-bond donors (Lipinski definition) is 0. The monoisotopic (exact) mass is 1650 g/mol. The van der Waals surface area contributed by atoms with Gasteiger partial charge in [-0.25, -0.2) is 0 Å². The number of rotatable bonds is 5. The molecule has 0 unspecified atom stereocenters. The molecule has 25 rings (SSSR count). The minimum absolute atomic E-state index is 0.130. The second-order valence-electron chi connectivity index (χ2n) is 38.0. The summed E-state index contributed by atoms with van der Waals surface area (Å²) in [5, 5.41) is 20.0. The van der Waals surface area contributed by atoms with Crippen LogP contribution in [0.25, 0.3) is 202 Å². The number of thiophene rings is 1. The Labute approximate surface area is 736 Å². The maximum Gasteiger partial charge on any atom is 0.145 e. The second kappa shape index (κ2) is 29.7. The molecule has 0 saturated heterocycles. The van der Waals surface area contributed by atoms with Crippen molar-refractivity contribution in [2.45, 2.75) is 105 Å². The summed E-state index contributed by atoms with van der Waals surface area (Å²) in [6, 6.07) is 134. The predicted molar refractivity (Wildman–Crippen MR) is 540 cm³/mol. The highest BCUT2D eigenvalue weighted by Crippen LogP contribution is 2.47. The Bertz CT molecular complexity index is 8340. The van der Waals surface area contributed by atoms with Crippen molar-refractivity contribution in [3.63, 3.8) is 0 Å². The average Bonchev–Trinajstić information content (AvgIpc) is 1.57. The van der Waals surface area contributed by atoms with E-state index in [1.807, 2.05) is 35.6 Å². The van der Waals surface area contributed by atoms with Gasteiger partial charge in [-0.15, -0.1) is 11.3 Å². The first-order valence-electron chi connectivity index (χ1n) is 44.0. The molecule has 8 aromatic heterocycles. The van der Waals surface area contributed by atoms with Gasteiger partial charge in [-0.3, -0.25) is 0 Å². The molecule has 0 aliphatic carbocycles. The van der Waals surface area contributed by atoms with Crippen molar-refractivity contribution in [2.75, 3.05) is 0 Å². The number of fused-ring (bicyclic) bond motifs is 25. The Kier molecular flexibility index (Phi) is 18.3. The zero-order valence-electron chi connectivity index (χ0n) is 73.2. The molecule has 0 saturated carbocycles. The van der Waals surface area contributed by atoms with Crippen molar-refractivity contribution in [1.29, 1.82) is 0 Å². The Hall–Kier alpha value is -14.4. The van der Waals surface area contributed by atoms with E-state index in [2.05, 4.69) is 452 Å². The van der Waals surface area contributed by atoms with Crippen molar-refractivity contribution in [1.82, 2.24) is 22.8 Å². The van der Waals surface area contributed by atoms with Crippen molar-refractivity contribution in [2.24, 2.45) is 0 Å². The summed E-state index contributed by atoms with van der Waals surface area (Å²) in [4.78, 5) is 0. The molecule has 17 aromatic carbocycles. The first kappa shape index (κ1) is 77.6. The molecule has 0 atom stereocenters. The fourth-order valence-electron chi connectivity index (χ4n) is 19.4. The van der Waals surface area contributed by atoms with Crippen LogP contribution in [0.1, 0.15) is 105 Å². The Morgan fingerprint density at radius 1 is 0.183 bits per heavy atom. The Morgan fingerprint density at radius 2 is 0.484 bits per heavy atom. The topological polar surface area (TPSA) is 50.9 Å². The molecule has 612 valence electrons. The van der Waals surface area contributed by atoms with E-state index in [0.29, 0.717) is 0 Å². The molecule has 0 bridgehead atoms. The summed E-state index contributed by atoms with van der Waals surface area (Å²) in [6.07, 6.45) is 0. The molecule has 0 radical (unpaired) electrons. The molecule has 0 aliphatic rings. The quantitative estimate of drug-likeness (QED) is 0.172. The maximum atomic E-state index is 6.37. The highest BCUT2D eigenvalue weighted by atomic mass is 32.1. The van der Waals surface area contributed by atoms with Gasteiger partial charge in [-0.1, -0.05) is 295 Å². The number of nitrogens with zero attached hydrogens (tertiary/aromatic N) is 5. The highest BCUT2D eigenvalue weighted by Gasteiger charge is 2.26. The molecular weight excluding hydrogens is 1550 g/mol. The van der Waals surface area contributed by atoms with E-state index in [0.717, 1.165) is 33.1 Å². The van der Waals surface area contributed by atoms with Gasteiger partial charge in [0.15, 0.2) is 0 Å². The van der Waals surface area contributed by atoms with Crippen LogP contribution >= 0.6 is 11.3 Å². The van der Waals surface area contributed by atoms with E-state index in [1.54, 1.807) is 0 Å². The molecule has 8 heterocycles. The summed E-state index contributed by atoms with van der Waals surface area (Å²) in [6.45, 7) is 27.1. The minimum atomic E-state index is 0.130. The van der Waals surface area contributed by atoms with Crippen LogP contribution in [0.2, 0.25) is 0 Å². The third-order valence-electron chi connectivity index (χ3n) is 26.0. The molecular formula is C118H97N5O2S. The van der Waals surface area contributed by atoms with Crippen LogP contribution in [-0.4, -0.2) is 22.8 Å². The van der Waals surface area contributed by atoms with Crippen LogP contribution in [0.15, 0.2) is 379 Å². The lowest BCUT2D eigenvalue weighted by molar-refractivity contribution is 0.590. The minimum Gasteiger partial charge on any atom is -0.456 e. The third kappa shape index (κ3) is 13.0. The Balaban J connectivity index is 0.0000000997. The SMILES string of the molecule is CC(C)(C)c1ccc(-n2c3ccccc3c3c4oc5ccccc5c4ccc32)cc1.CC(C)(C)c1ccc(-n2c3ccccc3c3cc4c(cc32)c2ccccc2n4-c2ccccc2)cc1.CC(C)(C)c1ccc(-n2c3ccccc3c3cc4oc5ccccc5c4cc32)cc1.CC(C)(C)c1ccc(-n2c3ccccc3c3cc4sc5ccccc5c4cc32)cc1. The molecule has 0 fully saturated rings. The fourth-order valence-corrected chi connectivity index (χ4v) is 20.6. The smallest absolute Gasteiger partial charge is 0.145 e. The summed E-state index contributed by atoms with van der Waals surface area (Å²) in [7, 11) is 0. The Morgan fingerprint density at radius 3 is 0.905 bits per heavy atom. The number of furan rings is 2. The molecule has 8 heteroatoms. The summed E-state index contributed by atoms with van der Waals surface area (Å²) in [5.74, 6) is 0. The summed E-state index contributed by atoms with van der Waals surface area (Å²) < 4.78 is 27.2. The van der Waals surface area contributed by atoms with Crippen molar-refractivity contribution in [3.8, 4) is 28.4 Å². The van der Waals surface area contributed by atoms with Gasteiger partial charge in [0.2, 0.25) is 0 Å². The van der Waals surface area contributed by atoms with E-state index in [4.69, 9.17) is 8.83 Å². The van der Waals surface area contributed by atoms with Gasteiger partial charge < -0.3 is 31.7 Å². The number of hydrogen-bond acceptors (Lipinski definition) is 3. The van der Waals surface area contributed by atoms with Crippen molar-refractivity contribution < 1.29 is 8.83 Å². The first-order valence-corrected chi connectivity index (χ1v) is 44.8. The number of benzene rings is 17. The lowest BCUT2D eigenvalue weighted by atomic mass is 9.87. The van der Waals surface area contributed by atoms with Crippen LogP contribution in [0.4, 0.5) is 0 Å². The molecule has 126 heavy (non-hydrogen) atoms. The van der Waals surface area contributed by atoms with Gasteiger partial charge in [0.1, 0.15) is 22.3 Å². The van der Waals surface area contributed by atoms with Gasteiger partial charge >= 0.3 is 0 Å². The van der Waals surface area contributed by atoms with Gasteiger partial charge in [-0.2, -0.15) is 0 Å². The standard InChI is InChI=1S/C34H28N2.2C28H23NO.C28H23NS/c1-34(2,3)23-17-19-25(20-18-23)36-31-16-10-8-14-27(31)29-21-32-28(22-33(29)36)26-13-7-9-15-30(26)35(32)24-11-5-4-6-12-24;1-28(2,3)18-12-14-19(15-13-18)29-23-10-6-4-9-22(23)26-24(29)17-16-21-20-8-5-7-11-25(20)30-27(21)26;2*1-28(2,3)18-12-14-19(15-13-18)29-24-10-6-4-8-20(24)22-17-27-23(16-25(22)29)21-9-5-7-11-26(21)30-27/h4-22H,1-3H3;3*4-17H,1-3H3. The maximum absolute atomic E-state index is 6.37. The third-order valence-corrected chi connectivity index (χ3v) is 27.1. The van der Waals surface area contributed by atoms with Gasteiger partial charge in [-0.05, 0) is 202 Å². The van der Waals surface area contributed by atoms with Gasteiger partial charge in [0.25, 0.3) is 0 Å². The first-order chi connectivity index (χ1) is 61.0. The van der Waals surface area contributed by atoms with Crippen molar-refractivity contribution in [3.05, 3.63) is 392 Å². The summed E-state index contributed by atoms with van der Waals surface area (Å²) in [5.41, 5.74) is 28.0. The molecule has 7 nitrogen and oxygen atoms in total. The largest absolute Gasteiger partial charge is 0.456 e.